The van der Waals surface area contributed by atoms with E-state index in [4.69, 9.17) is 21.5 Å². The lowest BCUT2D eigenvalue weighted by molar-refractivity contribution is 0.0593. The van der Waals surface area contributed by atoms with Gasteiger partial charge in [-0.2, -0.15) is 5.26 Å². The summed E-state index contributed by atoms with van der Waals surface area (Å²) in [6, 6.07) is 5.18. The van der Waals surface area contributed by atoms with Gasteiger partial charge >= 0.3 is 5.97 Å². The molecule has 0 saturated carbocycles. The second-order valence-corrected chi connectivity index (χ2v) is 5.10. The third kappa shape index (κ3) is 2.62. The average molecular weight is 312 g/mol. The van der Waals surface area contributed by atoms with E-state index in [-0.39, 0.29) is 16.9 Å². The molecule has 118 valence electrons. The van der Waals surface area contributed by atoms with Crippen molar-refractivity contribution in [2.45, 2.75) is 13.8 Å². The maximum absolute atomic E-state index is 12.0. The van der Waals surface area contributed by atoms with Crippen LogP contribution in [-0.4, -0.2) is 23.6 Å². The first kappa shape index (κ1) is 16.1. The molecule has 1 heterocycles. The highest BCUT2D eigenvalue weighted by molar-refractivity contribution is 5.97. The first-order valence-corrected chi connectivity index (χ1v) is 6.72. The second-order valence-electron chi connectivity index (χ2n) is 5.10. The Balaban J connectivity index is 2.80. The Bertz CT molecular complexity index is 836. The van der Waals surface area contributed by atoms with Gasteiger partial charge < -0.3 is 20.8 Å². The van der Waals surface area contributed by atoms with Gasteiger partial charge in [-0.25, -0.2) is 4.79 Å². The lowest BCUT2D eigenvalue weighted by atomic mass is 10.0. The number of primary amides is 1. The zero-order chi connectivity index (χ0) is 17.3. The summed E-state index contributed by atoms with van der Waals surface area (Å²) in [5, 5.41) is 9.16. The number of hydrogen-bond donors (Lipinski definition) is 2. The van der Waals surface area contributed by atoms with Crippen LogP contribution in [0.4, 0.5) is 5.69 Å². The Morgan fingerprint density at radius 2 is 1.83 bits per heavy atom. The first-order chi connectivity index (χ1) is 10.8. The quantitative estimate of drug-likeness (QED) is 0.830. The number of aromatic nitrogens is 1. The molecule has 0 spiro atoms. The molecular weight excluding hydrogens is 296 g/mol. The van der Waals surface area contributed by atoms with E-state index in [2.05, 4.69) is 0 Å². The van der Waals surface area contributed by atoms with E-state index in [9.17, 15) is 9.59 Å². The molecule has 0 aliphatic rings. The number of nitrogens with two attached hydrogens (primary N) is 2. The molecule has 0 bridgehead atoms. The standard InChI is InChI=1S/C16H16N4O3/c1-8-4-10(15(19)21)5-9(2)13(8)20-7-11(6-17)12(18)14(20)16(22)23-3/h4-5,7H,18H2,1-3H3,(H2,19,21). The number of esters is 1. The van der Waals surface area contributed by atoms with Crippen LogP contribution in [0.15, 0.2) is 18.3 Å². The van der Waals surface area contributed by atoms with Crippen molar-refractivity contribution >= 4 is 17.6 Å². The molecule has 0 unspecified atom stereocenters. The van der Waals surface area contributed by atoms with E-state index in [1.807, 2.05) is 6.07 Å². The predicted molar refractivity (Wildman–Crippen MR) is 84.2 cm³/mol. The Labute approximate surface area is 133 Å². The van der Waals surface area contributed by atoms with E-state index in [1.54, 1.807) is 26.0 Å². The smallest absolute Gasteiger partial charge is 0.357 e. The minimum Gasteiger partial charge on any atom is -0.464 e. The number of benzene rings is 1. The van der Waals surface area contributed by atoms with E-state index in [1.165, 1.54) is 17.9 Å². The number of anilines is 1. The third-order valence-corrected chi connectivity index (χ3v) is 3.56. The molecule has 2 aromatic rings. The van der Waals surface area contributed by atoms with Gasteiger partial charge in [0.05, 0.1) is 24.0 Å². The van der Waals surface area contributed by atoms with Crippen LogP contribution in [0.3, 0.4) is 0 Å². The molecule has 7 nitrogen and oxygen atoms in total. The molecule has 4 N–H and O–H groups in total. The van der Waals surface area contributed by atoms with Crippen LogP contribution in [-0.2, 0) is 4.74 Å². The molecule has 1 amide bonds. The van der Waals surface area contributed by atoms with Crippen LogP contribution < -0.4 is 11.5 Å². The van der Waals surface area contributed by atoms with Crippen LogP contribution in [0.25, 0.3) is 5.69 Å². The number of amides is 1. The Morgan fingerprint density at radius 3 is 2.26 bits per heavy atom. The summed E-state index contributed by atoms with van der Waals surface area (Å²) in [7, 11) is 1.24. The average Bonchev–Trinajstić information content (AvgIpc) is 2.82. The highest BCUT2D eigenvalue weighted by atomic mass is 16.5. The fourth-order valence-corrected chi connectivity index (χ4v) is 2.57. The molecule has 23 heavy (non-hydrogen) atoms. The Kier molecular flexibility index (Phi) is 4.10. The molecule has 0 aliphatic carbocycles. The number of carbonyl (C=O) groups excluding carboxylic acids is 2. The molecule has 0 saturated heterocycles. The molecule has 7 heteroatoms. The number of methoxy groups -OCH3 is 1. The minimum atomic E-state index is -0.651. The van der Waals surface area contributed by atoms with Gasteiger partial charge in [-0.1, -0.05) is 0 Å². The van der Waals surface area contributed by atoms with Crippen LogP contribution in [0.2, 0.25) is 0 Å². The van der Waals surface area contributed by atoms with Crippen molar-refractivity contribution in [1.29, 1.82) is 5.26 Å². The molecule has 0 atom stereocenters. The zero-order valence-corrected chi connectivity index (χ0v) is 13.0. The van der Waals surface area contributed by atoms with Crippen molar-refractivity contribution < 1.29 is 14.3 Å². The summed E-state index contributed by atoms with van der Waals surface area (Å²) >= 11 is 0. The summed E-state index contributed by atoms with van der Waals surface area (Å²) in [6.45, 7) is 3.55. The fraction of sp³-hybridized carbons (Fsp3) is 0.188. The number of ether oxygens (including phenoxy) is 1. The molecule has 1 aromatic heterocycles. The maximum atomic E-state index is 12.0. The lowest BCUT2D eigenvalue weighted by Crippen LogP contribution is -2.15. The number of nitrogen functional groups attached to an aromatic ring is 1. The number of rotatable bonds is 3. The van der Waals surface area contributed by atoms with Gasteiger partial charge in [0, 0.05) is 11.8 Å². The van der Waals surface area contributed by atoms with Gasteiger partial charge in [0.2, 0.25) is 5.91 Å². The highest BCUT2D eigenvalue weighted by Crippen LogP contribution is 2.29. The van der Waals surface area contributed by atoms with E-state index < -0.39 is 11.9 Å². The maximum Gasteiger partial charge on any atom is 0.357 e. The normalized spacial score (nSPS) is 10.2. The Hall–Kier alpha value is -3.27. The predicted octanol–water partition coefficient (Wildman–Crippen LogP) is 1.43. The SMILES string of the molecule is COC(=O)c1c(N)c(C#N)cn1-c1c(C)cc(C(N)=O)cc1C. The number of nitrogens with zero attached hydrogens (tertiary/aromatic N) is 2. The van der Waals surface area contributed by atoms with Crippen molar-refractivity contribution in [3.63, 3.8) is 0 Å². The van der Waals surface area contributed by atoms with Gasteiger partial charge in [-0.15, -0.1) is 0 Å². The lowest BCUT2D eigenvalue weighted by Gasteiger charge is -2.15. The second kappa shape index (κ2) is 5.85. The highest BCUT2D eigenvalue weighted by Gasteiger charge is 2.23. The summed E-state index contributed by atoms with van der Waals surface area (Å²) < 4.78 is 6.26. The number of aryl methyl sites for hydroxylation is 2. The molecular formula is C16H16N4O3. The Morgan fingerprint density at radius 1 is 1.26 bits per heavy atom. The van der Waals surface area contributed by atoms with Gasteiger partial charge in [0.1, 0.15) is 6.07 Å². The van der Waals surface area contributed by atoms with Gasteiger partial charge in [0.15, 0.2) is 5.69 Å². The van der Waals surface area contributed by atoms with E-state index in [0.717, 1.165) is 0 Å². The van der Waals surface area contributed by atoms with Gasteiger partial charge in [-0.05, 0) is 37.1 Å². The van der Waals surface area contributed by atoms with Crippen molar-refractivity contribution in [2.24, 2.45) is 5.73 Å². The minimum absolute atomic E-state index is 0.0529. The summed E-state index contributed by atoms with van der Waals surface area (Å²) in [5.41, 5.74) is 13.9. The molecule has 2 rings (SSSR count). The zero-order valence-electron chi connectivity index (χ0n) is 13.0. The van der Waals surface area contributed by atoms with Crippen molar-refractivity contribution in [2.75, 3.05) is 12.8 Å². The third-order valence-electron chi connectivity index (χ3n) is 3.56. The summed E-state index contributed by atoms with van der Waals surface area (Å²) in [4.78, 5) is 23.4. The molecule has 0 fully saturated rings. The summed E-state index contributed by atoms with van der Waals surface area (Å²) in [6.07, 6.45) is 1.47. The topological polar surface area (TPSA) is 124 Å². The van der Waals surface area contributed by atoms with Gasteiger partial charge in [-0.3, -0.25) is 4.79 Å². The van der Waals surface area contributed by atoms with E-state index in [0.29, 0.717) is 22.4 Å². The summed E-state index contributed by atoms with van der Waals surface area (Å²) in [5.74, 6) is -1.19. The van der Waals surface area contributed by atoms with Crippen LogP contribution in [0.5, 0.6) is 0 Å². The monoisotopic (exact) mass is 312 g/mol. The first-order valence-electron chi connectivity index (χ1n) is 6.72. The van der Waals surface area contributed by atoms with Crippen LogP contribution in [0, 0.1) is 25.2 Å². The number of carbonyl (C=O) groups is 2. The fourth-order valence-electron chi connectivity index (χ4n) is 2.57. The molecule has 0 aliphatic heterocycles. The molecule has 1 aromatic carbocycles. The van der Waals surface area contributed by atoms with Crippen LogP contribution >= 0.6 is 0 Å². The van der Waals surface area contributed by atoms with Crippen molar-refractivity contribution in [3.8, 4) is 11.8 Å². The van der Waals surface area contributed by atoms with Gasteiger partial charge in [0.25, 0.3) is 0 Å². The van der Waals surface area contributed by atoms with Crippen molar-refractivity contribution in [3.05, 3.63) is 46.3 Å². The molecule has 0 radical (unpaired) electrons. The number of hydrogen-bond acceptors (Lipinski definition) is 5. The number of nitriles is 1. The van der Waals surface area contributed by atoms with E-state index >= 15 is 0 Å². The largest absolute Gasteiger partial charge is 0.464 e. The van der Waals surface area contributed by atoms with Crippen molar-refractivity contribution in [1.82, 2.24) is 4.57 Å². The van der Waals surface area contributed by atoms with Crippen LogP contribution in [0.1, 0.15) is 37.5 Å².